The SMILES string of the molecule is O=C(Nc1ccccc1Cl)c1cccc(C(F)(F)F)c1. The third-order valence-electron chi connectivity index (χ3n) is 2.57. The van der Waals surface area contributed by atoms with Gasteiger partial charge in [0.15, 0.2) is 0 Å². The van der Waals surface area contributed by atoms with E-state index in [0.29, 0.717) is 10.7 Å². The Balaban J connectivity index is 2.24. The fourth-order valence-electron chi connectivity index (χ4n) is 1.59. The standard InChI is InChI=1S/C14H9ClF3NO/c15-11-6-1-2-7-12(11)19-13(20)9-4-3-5-10(8-9)14(16,17)18/h1-8H,(H,19,20). The van der Waals surface area contributed by atoms with E-state index in [0.717, 1.165) is 12.1 Å². The first-order valence-corrected chi connectivity index (χ1v) is 5.99. The third kappa shape index (κ3) is 3.30. The van der Waals surface area contributed by atoms with Gasteiger partial charge < -0.3 is 5.32 Å². The molecule has 0 spiro atoms. The van der Waals surface area contributed by atoms with Gasteiger partial charge >= 0.3 is 6.18 Å². The highest BCUT2D eigenvalue weighted by Gasteiger charge is 2.30. The number of carbonyl (C=O) groups is 1. The first-order chi connectivity index (χ1) is 9.38. The molecule has 104 valence electrons. The number of carbonyl (C=O) groups excluding carboxylic acids is 1. The van der Waals surface area contributed by atoms with E-state index in [-0.39, 0.29) is 5.56 Å². The van der Waals surface area contributed by atoms with Crippen LogP contribution in [-0.4, -0.2) is 5.91 Å². The van der Waals surface area contributed by atoms with E-state index in [9.17, 15) is 18.0 Å². The maximum absolute atomic E-state index is 12.6. The van der Waals surface area contributed by atoms with Gasteiger partial charge in [-0.05, 0) is 30.3 Å². The fourth-order valence-corrected chi connectivity index (χ4v) is 1.78. The molecule has 0 unspecified atom stereocenters. The molecular weight excluding hydrogens is 291 g/mol. The second-order valence-corrected chi connectivity index (χ2v) is 4.42. The maximum atomic E-state index is 12.6. The molecule has 20 heavy (non-hydrogen) atoms. The van der Waals surface area contributed by atoms with Crippen molar-refractivity contribution in [2.75, 3.05) is 5.32 Å². The molecule has 2 aromatic rings. The monoisotopic (exact) mass is 299 g/mol. The van der Waals surface area contributed by atoms with Gasteiger partial charge in [-0.25, -0.2) is 0 Å². The van der Waals surface area contributed by atoms with Crippen molar-refractivity contribution >= 4 is 23.2 Å². The highest BCUT2D eigenvalue weighted by Crippen LogP contribution is 2.30. The highest BCUT2D eigenvalue weighted by atomic mass is 35.5. The van der Waals surface area contributed by atoms with Crippen LogP contribution >= 0.6 is 11.6 Å². The van der Waals surface area contributed by atoms with Gasteiger partial charge in [-0.1, -0.05) is 29.8 Å². The second kappa shape index (κ2) is 5.54. The number of rotatable bonds is 2. The van der Waals surface area contributed by atoms with Crippen molar-refractivity contribution in [2.45, 2.75) is 6.18 Å². The Morgan fingerprint density at radius 1 is 1.05 bits per heavy atom. The molecule has 6 heteroatoms. The number of anilines is 1. The average molecular weight is 300 g/mol. The zero-order valence-corrected chi connectivity index (χ0v) is 10.8. The van der Waals surface area contributed by atoms with Crippen molar-refractivity contribution in [3.8, 4) is 0 Å². The van der Waals surface area contributed by atoms with Gasteiger partial charge in [-0.2, -0.15) is 13.2 Å². The van der Waals surface area contributed by atoms with Crippen LogP contribution < -0.4 is 5.32 Å². The summed E-state index contributed by atoms with van der Waals surface area (Å²) in [5, 5.41) is 2.78. The van der Waals surface area contributed by atoms with Crippen LogP contribution in [0.3, 0.4) is 0 Å². The second-order valence-electron chi connectivity index (χ2n) is 4.01. The molecule has 0 aliphatic carbocycles. The molecular formula is C14H9ClF3NO. The predicted octanol–water partition coefficient (Wildman–Crippen LogP) is 4.61. The average Bonchev–Trinajstić information content (AvgIpc) is 2.40. The van der Waals surface area contributed by atoms with Gasteiger partial charge in [-0.3, -0.25) is 4.79 Å². The van der Waals surface area contributed by atoms with Crippen molar-refractivity contribution in [3.63, 3.8) is 0 Å². The number of amides is 1. The summed E-state index contributed by atoms with van der Waals surface area (Å²) in [7, 11) is 0. The summed E-state index contributed by atoms with van der Waals surface area (Å²) in [6, 6.07) is 10.7. The van der Waals surface area contributed by atoms with Crippen molar-refractivity contribution in [1.82, 2.24) is 0 Å². The lowest BCUT2D eigenvalue weighted by molar-refractivity contribution is -0.137. The predicted molar refractivity (Wildman–Crippen MR) is 70.8 cm³/mol. The summed E-state index contributed by atoms with van der Waals surface area (Å²) in [4.78, 5) is 11.9. The summed E-state index contributed by atoms with van der Waals surface area (Å²) < 4.78 is 37.7. The van der Waals surface area contributed by atoms with Crippen molar-refractivity contribution in [1.29, 1.82) is 0 Å². The number of hydrogen-bond acceptors (Lipinski definition) is 1. The van der Waals surface area contributed by atoms with Gasteiger partial charge in [0.2, 0.25) is 0 Å². The van der Waals surface area contributed by atoms with Crippen LogP contribution in [0.25, 0.3) is 0 Å². The largest absolute Gasteiger partial charge is 0.416 e. The van der Waals surface area contributed by atoms with E-state index in [1.165, 1.54) is 12.1 Å². The Hall–Kier alpha value is -2.01. The van der Waals surface area contributed by atoms with Crippen LogP contribution in [0, 0.1) is 0 Å². The fraction of sp³-hybridized carbons (Fsp3) is 0.0714. The molecule has 2 rings (SSSR count). The quantitative estimate of drug-likeness (QED) is 0.862. The molecule has 0 saturated heterocycles. The Kier molecular flexibility index (Phi) is 3.99. The summed E-state index contributed by atoms with van der Waals surface area (Å²) in [5.41, 5.74) is -0.611. The number of para-hydroxylation sites is 1. The van der Waals surface area contributed by atoms with Gasteiger partial charge in [0, 0.05) is 5.56 Å². The Bertz CT molecular complexity index is 640. The van der Waals surface area contributed by atoms with E-state index >= 15 is 0 Å². The minimum absolute atomic E-state index is 0.0836. The zero-order chi connectivity index (χ0) is 14.8. The molecule has 0 aromatic heterocycles. The summed E-state index contributed by atoms with van der Waals surface area (Å²) in [6.45, 7) is 0. The number of hydrogen-bond donors (Lipinski definition) is 1. The summed E-state index contributed by atoms with van der Waals surface area (Å²) in [5.74, 6) is -0.649. The molecule has 2 aromatic carbocycles. The lowest BCUT2D eigenvalue weighted by Gasteiger charge is -2.10. The van der Waals surface area contributed by atoms with Gasteiger partial charge in [0.25, 0.3) is 5.91 Å². The minimum Gasteiger partial charge on any atom is -0.321 e. The van der Waals surface area contributed by atoms with Crippen molar-refractivity contribution < 1.29 is 18.0 Å². The lowest BCUT2D eigenvalue weighted by atomic mass is 10.1. The normalized spacial score (nSPS) is 11.2. The number of alkyl halides is 3. The molecule has 0 aliphatic rings. The van der Waals surface area contributed by atoms with Crippen molar-refractivity contribution in [2.24, 2.45) is 0 Å². The molecule has 0 fully saturated rings. The van der Waals surface area contributed by atoms with Gasteiger partial charge in [0.05, 0.1) is 16.3 Å². The van der Waals surface area contributed by atoms with Crippen LogP contribution in [0.1, 0.15) is 15.9 Å². The van der Waals surface area contributed by atoms with Crippen LogP contribution in [0.2, 0.25) is 5.02 Å². The zero-order valence-electron chi connectivity index (χ0n) is 10.0. The van der Waals surface area contributed by atoms with Crippen molar-refractivity contribution in [3.05, 3.63) is 64.7 Å². The summed E-state index contributed by atoms with van der Waals surface area (Å²) >= 11 is 5.86. The van der Waals surface area contributed by atoms with E-state index in [1.54, 1.807) is 24.3 Å². The Morgan fingerprint density at radius 3 is 2.40 bits per heavy atom. The smallest absolute Gasteiger partial charge is 0.321 e. The molecule has 0 bridgehead atoms. The number of halogens is 4. The van der Waals surface area contributed by atoms with E-state index in [4.69, 9.17) is 11.6 Å². The molecule has 0 saturated carbocycles. The van der Waals surface area contributed by atoms with E-state index in [2.05, 4.69) is 5.32 Å². The number of benzene rings is 2. The van der Waals surface area contributed by atoms with E-state index in [1.807, 2.05) is 0 Å². The van der Waals surface area contributed by atoms with E-state index < -0.39 is 17.6 Å². The first-order valence-electron chi connectivity index (χ1n) is 5.61. The third-order valence-corrected chi connectivity index (χ3v) is 2.90. The topological polar surface area (TPSA) is 29.1 Å². The summed E-state index contributed by atoms with van der Waals surface area (Å²) in [6.07, 6.45) is -4.49. The number of nitrogens with one attached hydrogen (secondary N) is 1. The minimum atomic E-state index is -4.49. The Morgan fingerprint density at radius 2 is 1.75 bits per heavy atom. The van der Waals surface area contributed by atoms with Gasteiger partial charge in [-0.15, -0.1) is 0 Å². The molecule has 1 N–H and O–H groups in total. The highest BCUT2D eigenvalue weighted by molar-refractivity contribution is 6.33. The molecule has 0 atom stereocenters. The molecule has 2 nitrogen and oxygen atoms in total. The molecule has 0 aliphatic heterocycles. The van der Waals surface area contributed by atoms with Gasteiger partial charge in [0.1, 0.15) is 0 Å². The first kappa shape index (κ1) is 14.4. The molecule has 1 amide bonds. The molecule has 0 heterocycles. The van der Waals surface area contributed by atoms with Crippen LogP contribution in [0.15, 0.2) is 48.5 Å². The Labute approximate surface area is 118 Å². The lowest BCUT2D eigenvalue weighted by Crippen LogP contribution is -2.14. The van der Waals surface area contributed by atoms with Crippen LogP contribution in [-0.2, 0) is 6.18 Å². The maximum Gasteiger partial charge on any atom is 0.416 e. The van der Waals surface area contributed by atoms with Crippen LogP contribution in [0.5, 0.6) is 0 Å². The van der Waals surface area contributed by atoms with Crippen LogP contribution in [0.4, 0.5) is 18.9 Å². The molecule has 0 radical (unpaired) electrons.